The van der Waals surface area contributed by atoms with E-state index in [1.807, 2.05) is 35.9 Å². The molecule has 0 spiro atoms. The highest BCUT2D eigenvalue weighted by Crippen LogP contribution is 2.14. The summed E-state index contributed by atoms with van der Waals surface area (Å²) in [5.74, 6) is 1.92. The topological polar surface area (TPSA) is 22.0 Å². The van der Waals surface area contributed by atoms with E-state index in [1.165, 1.54) is 0 Å². The summed E-state index contributed by atoms with van der Waals surface area (Å²) < 4.78 is 1.89. The van der Waals surface area contributed by atoms with Crippen LogP contribution in [0.4, 0.5) is 0 Å². The first kappa shape index (κ1) is 8.57. The van der Waals surface area contributed by atoms with Crippen LogP contribution >= 0.6 is 0 Å². The lowest BCUT2D eigenvalue weighted by Gasteiger charge is -2.01. The molecule has 0 aliphatic heterocycles. The van der Waals surface area contributed by atoms with Crippen LogP contribution in [-0.4, -0.2) is 10.5 Å². The highest BCUT2D eigenvalue weighted by Gasteiger charge is 2.02. The molecular weight excluding hydrogens is 150 g/mol. The Bertz CT molecular complexity index is 329. The van der Waals surface area contributed by atoms with E-state index in [0.717, 1.165) is 5.69 Å². The van der Waals surface area contributed by atoms with Gasteiger partial charge in [0, 0.05) is 19.7 Å². The van der Waals surface area contributed by atoms with E-state index in [-0.39, 0.29) is 0 Å². The summed E-state index contributed by atoms with van der Waals surface area (Å²) in [7, 11) is 1.90. The standard InChI is InChI=1S/C10H11NO/c1-3-5-9(8-12)10-6-4-7-11(10)2/h3-4,6-7H,1,5H2,2H3. The molecule has 0 aromatic carbocycles. The maximum Gasteiger partial charge on any atom is 0.130 e. The molecule has 1 rings (SSSR count). The zero-order valence-corrected chi connectivity index (χ0v) is 7.08. The maximum atomic E-state index is 10.5. The van der Waals surface area contributed by atoms with Gasteiger partial charge in [-0.1, -0.05) is 6.08 Å². The van der Waals surface area contributed by atoms with Crippen molar-refractivity contribution in [2.24, 2.45) is 7.05 Å². The summed E-state index contributed by atoms with van der Waals surface area (Å²) in [5, 5.41) is 0. The highest BCUT2D eigenvalue weighted by molar-refractivity contribution is 5.86. The minimum absolute atomic E-state index is 0.571. The third kappa shape index (κ3) is 1.55. The number of allylic oxidation sites excluding steroid dienone is 2. The summed E-state index contributed by atoms with van der Waals surface area (Å²) in [4.78, 5) is 10.5. The van der Waals surface area contributed by atoms with Crippen molar-refractivity contribution in [3.63, 3.8) is 0 Å². The number of rotatable bonds is 3. The Morgan fingerprint density at radius 2 is 2.58 bits per heavy atom. The Morgan fingerprint density at radius 3 is 3.00 bits per heavy atom. The van der Waals surface area contributed by atoms with Crippen LogP contribution in [0, 0.1) is 0 Å². The van der Waals surface area contributed by atoms with Crippen molar-refractivity contribution in [2.45, 2.75) is 6.42 Å². The van der Waals surface area contributed by atoms with Gasteiger partial charge < -0.3 is 4.57 Å². The summed E-state index contributed by atoms with van der Waals surface area (Å²) in [5.41, 5.74) is 1.56. The second kappa shape index (κ2) is 3.74. The third-order valence-corrected chi connectivity index (χ3v) is 1.72. The van der Waals surface area contributed by atoms with Gasteiger partial charge in [-0.2, -0.15) is 0 Å². The zero-order valence-electron chi connectivity index (χ0n) is 7.08. The summed E-state index contributed by atoms with van der Waals surface area (Å²) >= 11 is 0. The number of nitrogens with zero attached hydrogens (tertiary/aromatic N) is 1. The van der Waals surface area contributed by atoms with Crippen molar-refractivity contribution in [1.82, 2.24) is 4.57 Å². The van der Waals surface area contributed by atoms with E-state index in [1.54, 1.807) is 6.08 Å². The summed E-state index contributed by atoms with van der Waals surface area (Å²) in [6.45, 7) is 3.58. The Balaban J connectivity index is 3.03. The molecule has 0 bridgehead atoms. The fourth-order valence-electron chi connectivity index (χ4n) is 1.12. The van der Waals surface area contributed by atoms with Gasteiger partial charge in [0.25, 0.3) is 0 Å². The first-order chi connectivity index (χ1) is 5.79. The molecule has 0 saturated carbocycles. The van der Waals surface area contributed by atoms with Gasteiger partial charge in [0.15, 0.2) is 0 Å². The second-order valence-electron chi connectivity index (χ2n) is 2.58. The number of aryl methyl sites for hydroxylation is 1. The average molecular weight is 161 g/mol. The van der Waals surface area contributed by atoms with Gasteiger partial charge in [-0.05, 0) is 12.1 Å². The van der Waals surface area contributed by atoms with Gasteiger partial charge in [-0.3, -0.25) is 0 Å². The van der Waals surface area contributed by atoms with E-state index in [9.17, 15) is 4.79 Å². The minimum atomic E-state index is 0.571. The van der Waals surface area contributed by atoms with E-state index in [4.69, 9.17) is 0 Å². The largest absolute Gasteiger partial charge is 0.350 e. The number of hydrogen-bond donors (Lipinski definition) is 0. The Morgan fingerprint density at radius 1 is 1.83 bits per heavy atom. The molecule has 0 fully saturated rings. The van der Waals surface area contributed by atoms with Gasteiger partial charge in [0.2, 0.25) is 0 Å². The molecule has 12 heavy (non-hydrogen) atoms. The lowest BCUT2D eigenvalue weighted by atomic mass is 10.1. The fraction of sp³-hybridized carbons (Fsp3) is 0.200. The Kier molecular flexibility index (Phi) is 2.67. The molecule has 0 unspecified atom stereocenters. The van der Waals surface area contributed by atoms with E-state index < -0.39 is 0 Å². The fourth-order valence-corrected chi connectivity index (χ4v) is 1.12. The lowest BCUT2D eigenvalue weighted by molar-refractivity contribution is 0.569. The van der Waals surface area contributed by atoms with Crippen LogP contribution in [-0.2, 0) is 11.8 Å². The molecular formula is C10H11NO. The molecule has 1 heterocycles. The SMILES string of the molecule is C=CCC(=C=O)c1cccn1C. The molecule has 0 aliphatic rings. The van der Waals surface area contributed by atoms with Crippen molar-refractivity contribution >= 4 is 11.5 Å². The third-order valence-electron chi connectivity index (χ3n) is 1.72. The van der Waals surface area contributed by atoms with Crippen molar-refractivity contribution in [1.29, 1.82) is 0 Å². The van der Waals surface area contributed by atoms with Gasteiger partial charge in [0.1, 0.15) is 5.94 Å². The summed E-state index contributed by atoms with van der Waals surface area (Å²) in [6, 6.07) is 3.79. The van der Waals surface area contributed by atoms with Gasteiger partial charge in [0.05, 0.1) is 11.3 Å². The first-order valence-electron chi connectivity index (χ1n) is 3.76. The van der Waals surface area contributed by atoms with Crippen LogP contribution in [0.15, 0.2) is 31.0 Å². The van der Waals surface area contributed by atoms with E-state index in [2.05, 4.69) is 6.58 Å². The predicted octanol–water partition coefficient (Wildman–Crippen LogP) is 1.82. The van der Waals surface area contributed by atoms with Crippen molar-refractivity contribution in [2.75, 3.05) is 0 Å². The maximum absolute atomic E-state index is 10.5. The predicted molar refractivity (Wildman–Crippen MR) is 49.3 cm³/mol. The van der Waals surface area contributed by atoms with Crippen LogP contribution in [0.3, 0.4) is 0 Å². The van der Waals surface area contributed by atoms with Gasteiger partial charge in [-0.25, -0.2) is 4.79 Å². The molecule has 0 radical (unpaired) electrons. The molecule has 0 aliphatic carbocycles. The molecule has 0 amide bonds. The van der Waals surface area contributed by atoms with Gasteiger partial charge >= 0.3 is 0 Å². The average Bonchev–Trinajstić information content (AvgIpc) is 2.47. The molecule has 0 atom stereocenters. The molecule has 0 N–H and O–H groups in total. The summed E-state index contributed by atoms with van der Waals surface area (Å²) in [6.07, 6.45) is 4.17. The van der Waals surface area contributed by atoms with Crippen LogP contribution in [0.5, 0.6) is 0 Å². The minimum Gasteiger partial charge on any atom is -0.350 e. The van der Waals surface area contributed by atoms with Crippen LogP contribution in [0.1, 0.15) is 12.1 Å². The smallest absolute Gasteiger partial charge is 0.130 e. The van der Waals surface area contributed by atoms with Gasteiger partial charge in [-0.15, -0.1) is 6.58 Å². The highest BCUT2D eigenvalue weighted by atomic mass is 16.1. The number of hydrogen-bond acceptors (Lipinski definition) is 1. The monoisotopic (exact) mass is 161 g/mol. The normalized spacial score (nSPS) is 9.08. The molecule has 1 aromatic heterocycles. The lowest BCUT2D eigenvalue weighted by Crippen LogP contribution is -1.93. The Hall–Kier alpha value is -1.53. The number of aromatic nitrogens is 1. The van der Waals surface area contributed by atoms with E-state index >= 15 is 0 Å². The van der Waals surface area contributed by atoms with Crippen LogP contribution in [0.2, 0.25) is 0 Å². The van der Waals surface area contributed by atoms with Crippen molar-refractivity contribution in [3.05, 3.63) is 36.7 Å². The van der Waals surface area contributed by atoms with Crippen LogP contribution in [0.25, 0.3) is 5.57 Å². The Labute approximate surface area is 71.8 Å². The molecule has 1 aromatic rings. The number of carbonyl (C=O) groups excluding carboxylic acids is 1. The first-order valence-corrected chi connectivity index (χ1v) is 3.76. The van der Waals surface area contributed by atoms with E-state index in [0.29, 0.717) is 12.0 Å². The zero-order chi connectivity index (χ0) is 8.97. The molecule has 2 heteroatoms. The molecule has 2 nitrogen and oxygen atoms in total. The quantitative estimate of drug-likeness (QED) is 0.489. The van der Waals surface area contributed by atoms with Crippen LogP contribution < -0.4 is 0 Å². The second-order valence-corrected chi connectivity index (χ2v) is 2.58. The van der Waals surface area contributed by atoms with Crippen molar-refractivity contribution in [3.8, 4) is 0 Å². The molecule has 0 saturated heterocycles. The van der Waals surface area contributed by atoms with Crippen molar-refractivity contribution < 1.29 is 4.79 Å². The molecule has 62 valence electrons.